The number of aliphatic hydroxyl groups is 1. The predicted octanol–water partition coefficient (Wildman–Crippen LogP) is 1.67. The van der Waals surface area contributed by atoms with Gasteiger partial charge in [-0.05, 0) is 39.5 Å². The second-order valence-electron chi connectivity index (χ2n) is 5.29. The average molecular weight is 215 g/mol. The summed E-state index contributed by atoms with van der Waals surface area (Å²) in [4.78, 5) is 11.5. The zero-order valence-electron chi connectivity index (χ0n) is 9.91. The Hall–Kier alpha value is -0.770. The topological polar surface area (TPSA) is 58.6 Å². The summed E-state index contributed by atoms with van der Waals surface area (Å²) in [5.74, 6) is 0.313. The number of carbonyl (C=O) groups is 1. The van der Waals surface area contributed by atoms with Crippen LogP contribution in [0.25, 0.3) is 0 Å². The number of aliphatic hydroxyl groups excluding tert-OH is 1. The summed E-state index contributed by atoms with van der Waals surface area (Å²) in [5.41, 5.74) is -0.489. The van der Waals surface area contributed by atoms with Gasteiger partial charge in [-0.3, -0.25) is 0 Å². The van der Waals surface area contributed by atoms with E-state index in [1.807, 2.05) is 27.7 Å². The van der Waals surface area contributed by atoms with Gasteiger partial charge in [-0.2, -0.15) is 0 Å². The summed E-state index contributed by atoms with van der Waals surface area (Å²) in [6.07, 6.45) is 0.816. The molecule has 0 saturated heterocycles. The molecule has 1 aliphatic carbocycles. The van der Waals surface area contributed by atoms with Gasteiger partial charge in [0.25, 0.3) is 0 Å². The predicted molar refractivity (Wildman–Crippen MR) is 57.6 cm³/mol. The number of hydrogen-bond donors (Lipinski definition) is 2. The van der Waals surface area contributed by atoms with Crippen LogP contribution in [0, 0.1) is 5.92 Å². The number of nitrogens with one attached hydrogen (secondary N) is 1. The molecule has 4 nitrogen and oxygen atoms in total. The van der Waals surface area contributed by atoms with Gasteiger partial charge in [-0.1, -0.05) is 6.92 Å². The molecule has 4 heteroatoms. The molecule has 1 fully saturated rings. The lowest BCUT2D eigenvalue weighted by atomic mass is 10.1. The third-order valence-corrected chi connectivity index (χ3v) is 2.63. The second-order valence-corrected chi connectivity index (χ2v) is 5.29. The van der Waals surface area contributed by atoms with Crippen LogP contribution < -0.4 is 5.32 Å². The van der Waals surface area contributed by atoms with E-state index in [2.05, 4.69) is 5.32 Å². The molecule has 88 valence electrons. The number of hydrogen-bond acceptors (Lipinski definition) is 3. The highest BCUT2D eigenvalue weighted by molar-refractivity contribution is 5.68. The maximum absolute atomic E-state index is 11.5. The van der Waals surface area contributed by atoms with Crippen LogP contribution in [-0.2, 0) is 4.74 Å². The minimum atomic E-state index is -0.489. The molecular weight excluding hydrogens is 194 g/mol. The summed E-state index contributed by atoms with van der Waals surface area (Å²) in [5, 5.41) is 12.4. The molecule has 0 aliphatic heterocycles. The molecule has 1 aliphatic rings. The average Bonchev–Trinajstić information content (AvgIpc) is 2.32. The minimum absolute atomic E-state index is 0.167. The van der Waals surface area contributed by atoms with E-state index in [0.29, 0.717) is 5.92 Å². The summed E-state index contributed by atoms with van der Waals surface area (Å²) < 4.78 is 5.14. The molecule has 1 amide bonds. The summed E-state index contributed by atoms with van der Waals surface area (Å²) in [6, 6.07) is -0.167. The van der Waals surface area contributed by atoms with E-state index in [0.717, 1.165) is 12.8 Å². The van der Waals surface area contributed by atoms with Crippen molar-refractivity contribution in [1.29, 1.82) is 0 Å². The normalized spacial score (nSPS) is 31.4. The van der Waals surface area contributed by atoms with Crippen molar-refractivity contribution in [3.63, 3.8) is 0 Å². The molecule has 0 aromatic heterocycles. The summed E-state index contributed by atoms with van der Waals surface area (Å²) in [7, 11) is 0. The second kappa shape index (κ2) is 4.39. The molecule has 0 aromatic rings. The highest BCUT2D eigenvalue weighted by atomic mass is 16.6. The first-order valence-electron chi connectivity index (χ1n) is 5.47. The highest BCUT2D eigenvalue weighted by Gasteiger charge is 2.34. The van der Waals surface area contributed by atoms with Crippen molar-refractivity contribution >= 4 is 6.09 Å². The molecule has 15 heavy (non-hydrogen) atoms. The van der Waals surface area contributed by atoms with E-state index >= 15 is 0 Å². The zero-order chi connectivity index (χ0) is 11.6. The van der Waals surface area contributed by atoms with Crippen molar-refractivity contribution in [1.82, 2.24) is 5.32 Å². The summed E-state index contributed by atoms with van der Waals surface area (Å²) >= 11 is 0. The van der Waals surface area contributed by atoms with E-state index in [9.17, 15) is 9.90 Å². The van der Waals surface area contributed by atoms with Crippen LogP contribution in [-0.4, -0.2) is 28.9 Å². The van der Waals surface area contributed by atoms with Crippen molar-refractivity contribution in [3.8, 4) is 0 Å². The first kappa shape index (κ1) is 12.3. The quantitative estimate of drug-likeness (QED) is 0.699. The number of alkyl carbamates (subject to hydrolysis) is 1. The monoisotopic (exact) mass is 215 g/mol. The first-order valence-corrected chi connectivity index (χ1v) is 5.47. The van der Waals surface area contributed by atoms with E-state index in [4.69, 9.17) is 4.74 Å². The molecule has 0 aromatic carbocycles. The van der Waals surface area contributed by atoms with Crippen LogP contribution in [0.3, 0.4) is 0 Å². The Morgan fingerprint density at radius 1 is 1.40 bits per heavy atom. The van der Waals surface area contributed by atoms with E-state index in [1.165, 1.54) is 0 Å². The molecular formula is C11H21NO3. The Kier molecular flexibility index (Phi) is 3.60. The minimum Gasteiger partial charge on any atom is -0.444 e. The number of amides is 1. The van der Waals surface area contributed by atoms with E-state index in [1.54, 1.807) is 0 Å². The van der Waals surface area contributed by atoms with Crippen LogP contribution >= 0.6 is 0 Å². The first-order chi connectivity index (χ1) is 6.79. The molecule has 0 bridgehead atoms. The molecule has 3 atom stereocenters. The van der Waals surface area contributed by atoms with Gasteiger partial charge in [0, 0.05) is 0 Å². The Morgan fingerprint density at radius 3 is 2.40 bits per heavy atom. The van der Waals surface area contributed by atoms with Gasteiger partial charge < -0.3 is 15.2 Å². The fourth-order valence-corrected chi connectivity index (χ4v) is 1.85. The van der Waals surface area contributed by atoms with Crippen molar-refractivity contribution in [2.24, 2.45) is 5.92 Å². The number of ether oxygens (including phenoxy) is 1. The third kappa shape index (κ3) is 3.70. The third-order valence-electron chi connectivity index (χ3n) is 2.63. The molecule has 3 unspecified atom stereocenters. The van der Waals surface area contributed by atoms with E-state index < -0.39 is 17.8 Å². The van der Waals surface area contributed by atoms with Crippen LogP contribution in [0.15, 0.2) is 0 Å². The van der Waals surface area contributed by atoms with Gasteiger partial charge in [-0.25, -0.2) is 4.79 Å². The fourth-order valence-electron chi connectivity index (χ4n) is 1.85. The Labute approximate surface area is 91.0 Å². The largest absolute Gasteiger partial charge is 0.444 e. The number of rotatable bonds is 1. The van der Waals surface area contributed by atoms with Crippen LogP contribution in [0.2, 0.25) is 0 Å². The maximum atomic E-state index is 11.5. The van der Waals surface area contributed by atoms with Gasteiger partial charge >= 0.3 is 6.09 Å². The molecule has 0 spiro atoms. The molecule has 1 saturated carbocycles. The maximum Gasteiger partial charge on any atom is 0.407 e. The molecule has 0 heterocycles. The SMILES string of the molecule is CC1CCC(O)C1NC(=O)OC(C)(C)C. The van der Waals surface area contributed by atoms with Gasteiger partial charge in [-0.15, -0.1) is 0 Å². The highest BCUT2D eigenvalue weighted by Crippen LogP contribution is 2.25. The molecule has 2 N–H and O–H groups in total. The van der Waals surface area contributed by atoms with E-state index in [-0.39, 0.29) is 6.04 Å². The Morgan fingerprint density at radius 2 is 2.00 bits per heavy atom. The number of carbonyl (C=O) groups excluding carboxylic acids is 1. The standard InChI is InChI=1S/C11H21NO3/c1-7-5-6-8(13)9(7)12-10(14)15-11(2,3)4/h7-9,13H,5-6H2,1-4H3,(H,12,14). The lowest BCUT2D eigenvalue weighted by molar-refractivity contribution is 0.0429. The van der Waals surface area contributed by atoms with Gasteiger partial charge in [0.1, 0.15) is 5.60 Å². The van der Waals surface area contributed by atoms with Crippen LogP contribution in [0.5, 0.6) is 0 Å². The zero-order valence-corrected chi connectivity index (χ0v) is 9.91. The van der Waals surface area contributed by atoms with Crippen molar-refractivity contribution in [2.45, 2.75) is 58.3 Å². The van der Waals surface area contributed by atoms with Crippen molar-refractivity contribution in [2.75, 3.05) is 0 Å². The van der Waals surface area contributed by atoms with Crippen molar-refractivity contribution in [3.05, 3.63) is 0 Å². The fraction of sp³-hybridized carbons (Fsp3) is 0.909. The van der Waals surface area contributed by atoms with Gasteiger partial charge in [0.2, 0.25) is 0 Å². The van der Waals surface area contributed by atoms with Gasteiger partial charge in [0.05, 0.1) is 12.1 Å². The Bertz CT molecular complexity index is 224. The van der Waals surface area contributed by atoms with Crippen LogP contribution in [0.1, 0.15) is 40.5 Å². The molecule has 0 radical (unpaired) electrons. The Balaban J connectivity index is 2.44. The van der Waals surface area contributed by atoms with Gasteiger partial charge in [0.15, 0.2) is 0 Å². The smallest absolute Gasteiger partial charge is 0.407 e. The lowest BCUT2D eigenvalue weighted by Crippen LogP contribution is -2.45. The van der Waals surface area contributed by atoms with Crippen LogP contribution in [0.4, 0.5) is 4.79 Å². The molecule has 1 rings (SSSR count). The lowest BCUT2D eigenvalue weighted by Gasteiger charge is -2.24. The van der Waals surface area contributed by atoms with Crippen molar-refractivity contribution < 1.29 is 14.6 Å². The summed E-state index contributed by atoms with van der Waals surface area (Å²) in [6.45, 7) is 7.49.